The molecule has 6 heteroatoms. The highest BCUT2D eigenvalue weighted by Crippen LogP contribution is 2.34. The summed E-state index contributed by atoms with van der Waals surface area (Å²) in [4.78, 5) is 13.3. The number of aromatic amines is 1. The van der Waals surface area contributed by atoms with Crippen molar-refractivity contribution in [3.05, 3.63) is 40.2 Å². The molecule has 0 atom stereocenters. The topological polar surface area (TPSA) is 53.1 Å². The zero-order chi connectivity index (χ0) is 11.9. The molecular formula is C10H6F3NO2. The van der Waals surface area contributed by atoms with Gasteiger partial charge in [-0.25, -0.2) is 0 Å². The van der Waals surface area contributed by atoms with E-state index in [0.717, 1.165) is 6.07 Å². The molecule has 2 aromatic rings. The Morgan fingerprint density at radius 2 is 1.88 bits per heavy atom. The predicted molar refractivity (Wildman–Crippen MR) is 51.2 cm³/mol. The number of aromatic hydroxyl groups is 1. The molecule has 1 heterocycles. The van der Waals surface area contributed by atoms with E-state index in [-0.39, 0.29) is 16.7 Å². The smallest absolute Gasteiger partial charge is 0.417 e. The van der Waals surface area contributed by atoms with Gasteiger partial charge in [-0.2, -0.15) is 13.2 Å². The standard InChI is InChI=1S/C10H6F3NO2/c11-10(12,13)7-4-9(16)14-8-2-1-5(15)3-6(7)8/h1-4,15H,(H,14,16). The van der Waals surface area contributed by atoms with Gasteiger partial charge in [0.25, 0.3) is 0 Å². The Morgan fingerprint density at radius 3 is 2.50 bits per heavy atom. The van der Waals surface area contributed by atoms with E-state index in [0.29, 0.717) is 6.07 Å². The largest absolute Gasteiger partial charge is 0.508 e. The minimum atomic E-state index is -4.62. The minimum absolute atomic E-state index is 0.0395. The summed E-state index contributed by atoms with van der Waals surface area (Å²) < 4.78 is 37.8. The summed E-state index contributed by atoms with van der Waals surface area (Å²) in [7, 11) is 0. The predicted octanol–water partition coefficient (Wildman–Crippen LogP) is 2.25. The molecular weight excluding hydrogens is 223 g/mol. The van der Waals surface area contributed by atoms with Crippen molar-refractivity contribution in [1.29, 1.82) is 0 Å². The van der Waals surface area contributed by atoms with Crippen LogP contribution in [0.1, 0.15) is 5.56 Å². The summed E-state index contributed by atoms with van der Waals surface area (Å²) in [5, 5.41) is 8.90. The van der Waals surface area contributed by atoms with E-state index in [1.54, 1.807) is 0 Å². The Balaban J connectivity index is 2.91. The Bertz CT molecular complexity index is 601. The van der Waals surface area contributed by atoms with E-state index < -0.39 is 17.3 Å². The van der Waals surface area contributed by atoms with Crippen LogP contribution in [0.2, 0.25) is 0 Å². The summed E-state index contributed by atoms with van der Waals surface area (Å²) in [6.07, 6.45) is -4.62. The van der Waals surface area contributed by atoms with Crippen LogP contribution in [0, 0.1) is 0 Å². The molecule has 0 unspecified atom stereocenters. The van der Waals surface area contributed by atoms with Crippen molar-refractivity contribution in [2.24, 2.45) is 0 Å². The van der Waals surface area contributed by atoms with Gasteiger partial charge in [0.2, 0.25) is 5.56 Å². The normalized spacial score (nSPS) is 11.9. The van der Waals surface area contributed by atoms with Gasteiger partial charge in [0.15, 0.2) is 0 Å². The van der Waals surface area contributed by atoms with Crippen LogP contribution in [-0.2, 0) is 6.18 Å². The highest BCUT2D eigenvalue weighted by atomic mass is 19.4. The summed E-state index contributed by atoms with van der Waals surface area (Å²) in [5.74, 6) is -0.287. The number of alkyl halides is 3. The van der Waals surface area contributed by atoms with E-state index in [2.05, 4.69) is 4.98 Å². The molecule has 2 rings (SSSR count). The van der Waals surface area contributed by atoms with Crippen molar-refractivity contribution < 1.29 is 18.3 Å². The van der Waals surface area contributed by atoms with Crippen molar-refractivity contribution in [2.75, 3.05) is 0 Å². The highest BCUT2D eigenvalue weighted by molar-refractivity contribution is 5.83. The number of pyridine rings is 1. The molecule has 0 bridgehead atoms. The van der Waals surface area contributed by atoms with Crippen molar-refractivity contribution in [1.82, 2.24) is 4.98 Å². The third kappa shape index (κ3) is 1.73. The number of fused-ring (bicyclic) bond motifs is 1. The SMILES string of the molecule is O=c1cc(C(F)(F)F)c2cc(O)ccc2[nH]1. The molecule has 0 saturated heterocycles. The molecule has 1 aromatic carbocycles. The Morgan fingerprint density at radius 1 is 1.19 bits per heavy atom. The van der Waals surface area contributed by atoms with Crippen molar-refractivity contribution in [3.8, 4) is 5.75 Å². The fourth-order valence-corrected chi connectivity index (χ4v) is 1.48. The van der Waals surface area contributed by atoms with E-state index in [1.807, 2.05) is 0 Å². The first kappa shape index (κ1) is 10.5. The van der Waals surface area contributed by atoms with Crippen LogP contribution in [0.4, 0.5) is 13.2 Å². The van der Waals surface area contributed by atoms with Crippen LogP contribution in [-0.4, -0.2) is 10.1 Å². The van der Waals surface area contributed by atoms with Gasteiger partial charge in [-0.05, 0) is 18.2 Å². The number of halogens is 3. The number of H-pyrrole nitrogens is 1. The lowest BCUT2D eigenvalue weighted by Gasteiger charge is -2.09. The Labute approximate surface area is 87.2 Å². The molecule has 16 heavy (non-hydrogen) atoms. The number of nitrogens with one attached hydrogen (secondary N) is 1. The van der Waals surface area contributed by atoms with E-state index >= 15 is 0 Å². The summed E-state index contributed by atoms with van der Waals surface area (Å²) in [5.41, 5.74) is -1.84. The number of hydrogen-bond acceptors (Lipinski definition) is 2. The average Bonchev–Trinajstić information content (AvgIpc) is 2.16. The second-order valence-corrected chi connectivity index (χ2v) is 3.27. The average molecular weight is 229 g/mol. The van der Waals surface area contributed by atoms with Crippen LogP contribution < -0.4 is 5.56 Å². The summed E-state index contributed by atoms with van der Waals surface area (Å²) >= 11 is 0. The molecule has 0 aliphatic rings. The molecule has 0 aliphatic carbocycles. The number of rotatable bonds is 0. The van der Waals surface area contributed by atoms with E-state index in [1.165, 1.54) is 12.1 Å². The second-order valence-electron chi connectivity index (χ2n) is 3.27. The summed E-state index contributed by atoms with van der Waals surface area (Å²) in [6.45, 7) is 0. The molecule has 0 spiro atoms. The van der Waals surface area contributed by atoms with Gasteiger partial charge in [0, 0.05) is 17.0 Å². The van der Waals surface area contributed by atoms with Gasteiger partial charge < -0.3 is 10.1 Å². The highest BCUT2D eigenvalue weighted by Gasteiger charge is 2.33. The first-order valence-electron chi connectivity index (χ1n) is 4.31. The van der Waals surface area contributed by atoms with Crippen LogP contribution in [0.15, 0.2) is 29.1 Å². The number of benzene rings is 1. The maximum atomic E-state index is 12.6. The van der Waals surface area contributed by atoms with Crippen LogP contribution in [0.5, 0.6) is 5.75 Å². The second kappa shape index (κ2) is 3.26. The zero-order valence-electron chi connectivity index (χ0n) is 7.80. The number of hydrogen-bond donors (Lipinski definition) is 2. The van der Waals surface area contributed by atoms with Crippen molar-refractivity contribution >= 4 is 10.9 Å². The van der Waals surface area contributed by atoms with Gasteiger partial charge >= 0.3 is 6.18 Å². The fraction of sp³-hybridized carbons (Fsp3) is 0.100. The maximum absolute atomic E-state index is 12.6. The van der Waals surface area contributed by atoms with Crippen molar-refractivity contribution in [3.63, 3.8) is 0 Å². The number of phenols is 1. The van der Waals surface area contributed by atoms with E-state index in [9.17, 15) is 18.0 Å². The lowest BCUT2D eigenvalue weighted by molar-refractivity contribution is -0.136. The molecule has 84 valence electrons. The number of phenolic OH excluding ortho intramolecular Hbond substituents is 1. The lowest BCUT2D eigenvalue weighted by atomic mass is 10.1. The van der Waals surface area contributed by atoms with Gasteiger partial charge in [-0.15, -0.1) is 0 Å². The van der Waals surface area contributed by atoms with Crippen LogP contribution in [0.3, 0.4) is 0 Å². The van der Waals surface area contributed by atoms with Crippen LogP contribution in [0.25, 0.3) is 10.9 Å². The van der Waals surface area contributed by atoms with Gasteiger partial charge in [-0.3, -0.25) is 4.79 Å². The first-order valence-corrected chi connectivity index (χ1v) is 4.31. The third-order valence-corrected chi connectivity index (χ3v) is 2.13. The maximum Gasteiger partial charge on any atom is 0.417 e. The quantitative estimate of drug-likeness (QED) is 0.727. The van der Waals surface area contributed by atoms with E-state index in [4.69, 9.17) is 5.11 Å². The molecule has 0 fully saturated rings. The molecule has 0 aliphatic heterocycles. The minimum Gasteiger partial charge on any atom is -0.508 e. The van der Waals surface area contributed by atoms with Crippen molar-refractivity contribution in [2.45, 2.75) is 6.18 Å². The fourth-order valence-electron chi connectivity index (χ4n) is 1.48. The molecule has 0 amide bonds. The Kier molecular flexibility index (Phi) is 2.15. The van der Waals surface area contributed by atoms with Gasteiger partial charge in [0.1, 0.15) is 5.75 Å². The third-order valence-electron chi connectivity index (χ3n) is 2.13. The first-order chi connectivity index (χ1) is 7.38. The Hall–Kier alpha value is -1.98. The molecule has 0 radical (unpaired) electrons. The molecule has 2 N–H and O–H groups in total. The lowest BCUT2D eigenvalue weighted by Crippen LogP contribution is -2.13. The monoisotopic (exact) mass is 229 g/mol. The summed E-state index contributed by atoms with van der Waals surface area (Å²) in [6, 6.07) is 3.87. The van der Waals surface area contributed by atoms with Gasteiger partial charge in [-0.1, -0.05) is 0 Å². The van der Waals surface area contributed by atoms with Crippen LogP contribution >= 0.6 is 0 Å². The van der Waals surface area contributed by atoms with Gasteiger partial charge in [0.05, 0.1) is 5.56 Å². The molecule has 1 aromatic heterocycles. The zero-order valence-corrected chi connectivity index (χ0v) is 7.80. The molecule has 3 nitrogen and oxygen atoms in total. The molecule has 0 saturated carbocycles. The number of aromatic nitrogens is 1.